The lowest BCUT2D eigenvalue weighted by Crippen LogP contribution is -2.21. The molecule has 1 heterocycles. The van der Waals surface area contributed by atoms with Crippen LogP contribution in [0.25, 0.3) is 0 Å². The lowest BCUT2D eigenvalue weighted by molar-refractivity contribution is -0.142. The van der Waals surface area contributed by atoms with Gasteiger partial charge in [0.25, 0.3) is 0 Å². The zero-order valence-electron chi connectivity index (χ0n) is 9.60. The third kappa shape index (κ3) is 2.81. The van der Waals surface area contributed by atoms with Crippen LogP contribution in [0.1, 0.15) is 43.6 Å². The van der Waals surface area contributed by atoms with Crippen LogP contribution in [0.5, 0.6) is 0 Å². The van der Waals surface area contributed by atoms with E-state index in [0.717, 1.165) is 37.4 Å². The predicted octanol–water partition coefficient (Wildman–Crippen LogP) is 2.97. The van der Waals surface area contributed by atoms with Crippen LogP contribution in [0.2, 0.25) is 0 Å². The van der Waals surface area contributed by atoms with Gasteiger partial charge in [0.2, 0.25) is 0 Å². The van der Waals surface area contributed by atoms with E-state index in [4.69, 9.17) is 0 Å². The number of aliphatic carboxylic acids is 1. The molecule has 92 valence electrons. The maximum atomic E-state index is 13.1. The molecule has 2 unspecified atom stereocenters. The van der Waals surface area contributed by atoms with Crippen LogP contribution in [0, 0.1) is 11.7 Å². The van der Waals surface area contributed by atoms with Crippen molar-refractivity contribution in [2.24, 2.45) is 5.92 Å². The Kier molecular flexibility index (Phi) is 3.71. The van der Waals surface area contributed by atoms with Crippen molar-refractivity contribution >= 4 is 5.97 Å². The molecule has 0 spiro atoms. The topological polar surface area (TPSA) is 50.2 Å². The van der Waals surface area contributed by atoms with Gasteiger partial charge in [-0.05, 0) is 30.4 Å². The molecule has 3 nitrogen and oxygen atoms in total. The quantitative estimate of drug-likeness (QED) is 0.804. The van der Waals surface area contributed by atoms with Gasteiger partial charge in [-0.3, -0.25) is 9.78 Å². The van der Waals surface area contributed by atoms with Crippen molar-refractivity contribution in [2.45, 2.75) is 38.0 Å². The van der Waals surface area contributed by atoms with E-state index in [1.54, 1.807) is 6.20 Å². The Bertz CT molecular complexity index is 408. The van der Waals surface area contributed by atoms with Crippen molar-refractivity contribution in [3.05, 3.63) is 29.8 Å². The molecule has 0 aromatic carbocycles. The van der Waals surface area contributed by atoms with Crippen LogP contribution in [0.3, 0.4) is 0 Å². The SMILES string of the molecule is O=C(O)C1CCCCCC1c1cncc(F)c1. The fourth-order valence-electron chi connectivity index (χ4n) is 2.63. The molecule has 0 radical (unpaired) electrons. The van der Waals surface area contributed by atoms with Gasteiger partial charge in [-0.15, -0.1) is 0 Å². The van der Waals surface area contributed by atoms with E-state index in [0.29, 0.717) is 6.42 Å². The van der Waals surface area contributed by atoms with Crippen LogP contribution in [-0.2, 0) is 4.79 Å². The second kappa shape index (κ2) is 5.25. The summed E-state index contributed by atoms with van der Waals surface area (Å²) in [6, 6.07) is 1.42. The third-order valence-corrected chi connectivity index (χ3v) is 3.49. The zero-order chi connectivity index (χ0) is 12.3. The molecule has 0 amide bonds. The molecule has 1 aliphatic rings. The van der Waals surface area contributed by atoms with Crippen molar-refractivity contribution in [3.63, 3.8) is 0 Å². The molecular weight excluding hydrogens is 221 g/mol. The summed E-state index contributed by atoms with van der Waals surface area (Å²) in [5.74, 6) is -1.67. The summed E-state index contributed by atoms with van der Waals surface area (Å²) in [6.45, 7) is 0. The molecule has 1 N–H and O–H groups in total. The van der Waals surface area contributed by atoms with Gasteiger partial charge in [0.15, 0.2) is 0 Å². The van der Waals surface area contributed by atoms with Gasteiger partial charge in [-0.1, -0.05) is 19.3 Å². The van der Waals surface area contributed by atoms with Crippen LogP contribution < -0.4 is 0 Å². The number of rotatable bonds is 2. The van der Waals surface area contributed by atoms with Gasteiger partial charge in [-0.25, -0.2) is 4.39 Å². The van der Waals surface area contributed by atoms with Gasteiger partial charge in [0, 0.05) is 6.20 Å². The van der Waals surface area contributed by atoms with E-state index in [2.05, 4.69) is 4.98 Å². The number of carboxylic acids is 1. The van der Waals surface area contributed by atoms with Crippen LogP contribution in [-0.4, -0.2) is 16.1 Å². The Balaban J connectivity index is 2.28. The molecule has 0 aliphatic heterocycles. The number of carbonyl (C=O) groups is 1. The number of hydrogen-bond acceptors (Lipinski definition) is 2. The van der Waals surface area contributed by atoms with E-state index >= 15 is 0 Å². The highest BCUT2D eigenvalue weighted by atomic mass is 19.1. The van der Waals surface area contributed by atoms with Crippen LogP contribution in [0.4, 0.5) is 4.39 Å². The van der Waals surface area contributed by atoms with E-state index < -0.39 is 17.7 Å². The normalized spacial score (nSPS) is 25.2. The van der Waals surface area contributed by atoms with Crippen molar-refractivity contribution in [1.82, 2.24) is 4.98 Å². The Morgan fingerprint density at radius 3 is 2.76 bits per heavy atom. The first-order valence-electron chi connectivity index (χ1n) is 6.01. The van der Waals surface area contributed by atoms with Gasteiger partial charge in [0.1, 0.15) is 5.82 Å². The molecule has 1 saturated carbocycles. The molecule has 1 aromatic rings. The smallest absolute Gasteiger partial charge is 0.307 e. The number of hydrogen-bond donors (Lipinski definition) is 1. The Hall–Kier alpha value is -1.45. The average Bonchev–Trinajstić information content (AvgIpc) is 2.54. The largest absolute Gasteiger partial charge is 0.481 e. The minimum absolute atomic E-state index is 0.0989. The highest BCUT2D eigenvalue weighted by Gasteiger charge is 2.30. The summed E-state index contributed by atoms with van der Waals surface area (Å²) in [6.07, 6.45) is 7.23. The number of carboxylic acid groups (broad SMARTS) is 1. The van der Waals surface area contributed by atoms with Crippen molar-refractivity contribution in [2.75, 3.05) is 0 Å². The molecule has 17 heavy (non-hydrogen) atoms. The molecule has 2 rings (SSSR count). The highest BCUT2D eigenvalue weighted by Crippen LogP contribution is 2.36. The van der Waals surface area contributed by atoms with Crippen molar-refractivity contribution < 1.29 is 14.3 Å². The number of nitrogens with zero attached hydrogens (tertiary/aromatic N) is 1. The molecule has 1 aromatic heterocycles. The molecule has 4 heteroatoms. The minimum Gasteiger partial charge on any atom is -0.481 e. The van der Waals surface area contributed by atoms with Crippen LogP contribution in [0.15, 0.2) is 18.5 Å². The van der Waals surface area contributed by atoms with Crippen molar-refractivity contribution in [3.8, 4) is 0 Å². The van der Waals surface area contributed by atoms with Gasteiger partial charge >= 0.3 is 5.97 Å². The highest BCUT2D eigenvalue weighted by molar-refractivity contribution is 5.71. The average molecular weight is 237 g/mol. The van der Waals surface area contributed by atoms with Gasteiger partial charge < -0.3 is 5.11 Å². The summed E-state index contributed by atoms with van der Waals surface area (Å²) in [7, 11) is 0. The Morgan fingerprint density at radius 1 is 1.29 bits per heavy atom. The summed E-state index contributed by atoms with van der Waals surface area (Å²) in [5, 5.41) is 9.25. The first-order chi connectivity index (χ1) is 8.18. The van der Waals surface area contributed by atoms with E-state index in [1.165, 1.54) is 6.07 Å². The van der Waals surface area contributed by atoms with E-state index in [1.807, 2.05) is 0 Å². The monoisotopic (exact) mass is 237 g/mol. The molecule has 2 atom stereocenters. The number of pyridine rings is 1. The predicted molar refractivity (Wildman–Crippen MR) is 61.1 cm³/mol. The Morgan fingerprint density at radius 2 is 2.06 bits per heavy atom. The lowest BCUT2D eigenvalue weighted by atomic mass is 9.83. The standard InChI is InChI=1S/C13H16FNO2/c14-10-6-9(7-15-8-10)11-4-2-1-3-5-12(11)13(16)17/h6-8,11-12H,1-5H2,(H,16,17). The van der Waals surface area contributed by atoms with Crippen molar-refractivity contribution in [1.29, 1.82) is 0 Å². The van der Waals surface area contributed by atoms with Gasteiger partial charge in [-0.2, -0.15) is 0 Å². The third-order valence-electron chi connectivity index (χ3n) is 3.49. The van der Waals surface area contributed by atoms with E-state index in [-0.39, 0.29) is 5.92 Å². The second-order valence-corrected chi connectivity index (χ2v) is 4.63. The molecule has 1 fully saturated rings. The summed E-state index contributed by atoms with van der Waals surface area (Å²) < 4.78 is 13.1. The summed E-state index contributed by atoms with van der Waals surface area (Å²) >= 11 is 0. The van der Waals surface area contributed by atoms with Crippen LogP contribution >= 0.6 is 0 Å². The second-order valence-electron chi connectivity index (χ2n) is 4.63. The fraction of sp³-hybridized carbons (Fsp3) is 0.538. The first kappa shape index (κ1) is 12.0. The fourth-order valence-corrected chi connectivity index (χ4v) is 2.63. The summed E-state index contributed by atoms with van der Waals surface area (Å²) in [4.78, 5) is 15.1. The zero-order valence-corrected chi connectivity index (χ0v) is 9.60. The maximum absolute atomic E-state index is 13.1. The van der Waals surface area contributed by atoms with Gasteiger partial charge in [0.05, 0.1) is 12.1 Å². The molecular formula is C13H16FNO2. The Labute approximate surface area is 99.7 Å². The first-order valence-corrected chi connectivity index (χ1v) is 6.01. The maximum Gasteiger partial charge on any atom is 0.307 e. The summed E-state index contributed by atoms with van der Waals surface area (Å²) in [5.41, 5.74) is 0.722. The molecule has 0 saturated heterocycles. The molecule has 1 aliphatic carbocycles. The lowest BCUT2D eigenvalue weighted by Gasteiger charge is -2.21. The minimum atomic E-state index is -0.777. The number of aromatic nitrogens is 1. The van der Waals surface area contributed by atoms with E-state index in [9.17, 15) is 14.3 Å². The number of halogens is 1. The molecule has 0 bridgehead atoms.